The van der Waals surface area contributed by atoms with Crippen molar-refractivity contribution in [1.82, 2.24) is 19.6 Å². The molecule has 0 fully saturated rings. The number of ketones is 1. The maximum Gasteiger partial charge on any atom is 0.206 e. The zero-order valence-corrected chi connectivity index (χ0v) is 11.0. The predicted octanol–water partition coefficient (Wildman–Crippen LogP) is 1.67. The molecule has 2 aromatic rings. The van der Waals surface area contributed by atoms with E-state index in [0.29, 0.717) is 5.69 Å². The van der Waals surface area contributed by atoms with E-state index in [2.05, 4.69) is 10.2 Å². The smallest absolute Gasteiger partial charge is 0.206 e. The third kappa shape index (κ3) is 2.25. The maximum absolute atomic E-state index is 11.9. The molecule has 0 aliphatic carbocycles. The molecule has 0 saturated heterocycles. The van der Waals surface area contributed by atoms with Crippen LogP contribution in [0.25, 0.3) is 6.08 Å². The van der Waals surface area contributed by atoms with Gasteiger partial charge in [0.1, 0.15) is 5.69 Å². The van der Waals surface area contributed by atoms with Crippen molar-refractivity contribution in [3.05, 3.63) is 41.0 Å². The second-order valence-electron chi connectivity index (χ2n) is 4.28. The summed E-state index contributed by atoms with van der Waals surface area (Å²) in [5.74, 6) is -0.0988. The molecule has 18 heavy (non-hydrogen) atoms. The largest absolute Gasteiger partial charge is 0.287 e. The fourth-order valence-corrected chi connectivity index (χ4v) is 1.82. The Morgan fingerprint density at radius 2 is 2.00 bits per heavy atom. The number of hydrogen-bond donors (Lipinski definition) is 0. The van der Waals surface area contributed by atoms with Crippen LogP contribution in [0.3, 0.4) is 0 Å². The molecule has 0 amide bonds. The van der Waals surface area contributed by atoms with Gasteiger partial charge in [-0.15, -0.1) is 0 Å². The van der Waals surface area contributed by atoms with E-state index in [1.54, 1.807) is 40.8 Å². The zero-order valence-electron chi connectivity index (χ0n) is 11.0. The Morgan fingerprint density at radius 1 is 1.28 bits per heavy atom. The van der Waals surface area contributed by atoms with Gasteiger partial charge in [0.15, 0.2) is 0 Å². The van der Waals surface area contributed by atoms with Gasteiger partial charge in [0.2, 0.25) is 5.78 Å². The number of aromatic nitrogens is 4. The summed E-state index contributed by atoms with van der Waals surface area (Å²) in [6.07, 6.45) is 5.09. The van der Waals surface area contributed by atoms with Crippen LogP contribution < -0.4 is 0 Å². The van der Waals surface area contributed by atoms with Crippen molar-refractivity contribution in [2.75, 3.05) is 0 Å². The van der Waals surface area contributed by atoms with Gasteiger partial charge in [-0.3, -0.25) is 14.2 Å². The maximum atomic E-state index is 11.9. The normalized spacial score (nSPS) is 11.3. The number of nitrogens with zero attached hydrogens (tertiary/aromatic N) is 4. The first-order chi connectivity index (χ1) is 8.49. The van der Waals surface area contributed by atoms with Crippen molar-refractivity contribution in [3.63, 3.8) is 0 Å². The van der Waals surface area contributed by atoms with Crippen molar-refractivity contribution in [2.45, 2.75) is 13.8 Å². The third-order valence-electron chi connectivity index (χ3n) is 2.93. The van der Waals surface area contributed by atoms with Crippen LogP contribution in [0, 0.1) is 13.8 Å². The highest BCUT2D eigenvalue weighted by molar-refractivity contribution is 6.05. The molecular formula is C13H16N4O. The van der Waals surface area contributed by atoms with E-state index in [4.69, 9.17) is 0 Å². The molecule has 0 N–H and O–H groups in total. The van der Waals surface area contributed by atoms with E-state index in [1.165, 1.54) is 0 Å². The minimum absolute atomic E-state index is 0.0988. The fourth-order valence-electron chi connectivity index (χ4n) is 1.82. The Hall–Kier alpha value is -2.17. The predicted molar refractivity (Wildman–Crippen MR) is 69.3 cm³/mol. The van der Waals surface area contributed by atoms with Gasteiger partial charge in [0.25, 0.3) is 0 Å². The van der Waals surface area contributed by atoms with Gasteiger partial charge in [-0.1, -0.05) is 0 Å². The molecular weight excluding hydrogens is 228 g/mol. The standard InChI is InChI=1S/C13H16N4O/c1-9-11(10(2)17(4)14-9)5-6-13(18)12-7-8-16(3)15-12/h5-8H,1-4H3/b6-5+. The lowest BCUT2D eigenvalue weighted by Gasteiger charge is -1.94. The quantitative estimate of drug-likeness (QED) is 0.609. The van der Waals surface area contributed by atoms with Gasteiger partial charge in [-0.25, -0.2) is 0 Å². The lowest BCUT2D eigenvalue weighted by molar-refractivity contribution is 0.104. The summed E-state index contributed by atoms with van der Waals surface area (Å²) in [7, 11) is 3.68. The monoisotopic (exact) mass is 244 g/mol. The minimum Gasteiger partial charge on any atom is -0.287 e. The van der Waals surface area contributed by atoms with Crippen molar-refractivity contribution in [2.24, 2.45) is 14.1 Å². The molecule has 2 heterocycles. The zero-order chi connectivity index (χ0) is 13.3. The molecule has 5 nitrogen and oxygen atoms in total. The van der Waals surface area contributed by atoms with Gasteiger partial charge in [0.05, 0.1) is 5.69 Å². The van der Waals surface area contributed by atoms with Crippen LogP contribution in [0.5, 0.6) is 0 Å². The van der Waals surface area contributed by atoms with Crippen LogP contribution in [-0.2, 0) is 14.1 Å². The molecule has 0 aliphatic rings. The molecule has 0 aromatic carbocycles. The first kappa shape index (κ1) is 12.3. The Bertz CT molecular complexity index is 619. The SMILES string of the molecule is Cc1nn(C)c(C)c1/C=C/C(=O)c1ccn(C)n1. The van der Waals surface area contributed by atoms with Gasteiger partial charge in [-0.05, 0) is 32.1 Å². The number of aryl methyl sites for hydroxylation is 3. The molecule has 0 aliphatic heterocycles. The summed E-state index contributed by atoms with van der Waals surface area (Å²) in [6, 6.07) is 1.70. The highest BCUT2D eigenvalue weighted by Crippen LogP contribution is 2.14. The lowest BCUT2D eigenvalue weighted by atomic mass is 10.1. The number of rotatable bonds is 3. The summed E-state index contributed by atoms with van der Waals surface area (Å²) in [5, 5.41) is 8.37. The molecule has 5 heteroatoms. The molecule has 2 rings (SSSR count). The molecule has 0 saturated carbocycles. The topological polar surface area (TPSA) is 52.7 Å². The summed E-state index contributed by atoms with van der Waals surface area (Å²) >= 11 is 0. The van der Waals surface area contributed by atoms with Gasteiger partial charge < -0.3 is 0 Å². The molecule has 0 atom stereocenters. The van der Waals surface area contributed by atoms with Crippen molar-refractivity contribution in [1.29, 1.82) is 0 Å². The second kappa shape index (κ2) is 4.60. The molecule has 2 aromatic heterocycles. The Labute approximate surface area is 106 Å². The number of allylic oxidation sites excluding steroid dienone is 1. The third-order valence-corrected chi connectivity index (χ3v) is 2.93. The fraction of sp³-hybridized carbons (Fsp3) is 0.308. The highest BCUT2D eigenvalue weighted by atomic mass is 16.1. The van der Waals surface area contributed by atoms with Crippen molar-refractivity contribution in [3.8, 4) is 0 Å². The molecule has 0 spiro atoms. The van der Waals surface area contributed by atoms with E-state index in [1.807, 2.05) is 20.9 Å². The van der Waals surface area contributed by atoms with Gasteiger partial charge in [-0.2, -0.15) is 10.2 Å². The van der Waals surface area contributed by atoms with Crippen LogP contribution in [-0.4, -0.2) is 25.3 Å². The van der Waals surface area contributed by atoms with E-state index >= 15 is 0 Å². The highest BCUT2D eigenvalue weighted by Gasteiger charge is 2.08. The van der Waals surface area contributed by atoms with Crippen molar-refractivity contribution >= 4 is 11.9 Å². The van der Waals surface area contributed by atoms with Crippen LogP contribution in [0.4, 0.5) is 0 Å². The second-order valence-corrected chi connectivity index (χ2v) is 4.28. The van der Waals surface area contributed by atoms with Gasteiger partial charge in [0, 0.05) is 31.5 Å². The van der Waals surface area contributed by atoms with Crippen LogP contribution in [0.2, 0.25) is 0 Å². The van der Waals surface area contributed by atoms with E-state index < -0.39 is 0 Å². The summed E-state index contributed by atoms with van der Waals surface area (Å²) in [5.41, 5.74) is 3.40. The average Bonchev–Trinajstić information content (AvgIpc) is 2.83. The number of carbonyl (C=O) groups excluding carboxylic acids is 1. The van der Waals surface area contributed by atoms with E-state index in [9.17, 15) is 4.79 Å². The molecule has 94 valence electrons. The first-order valence-electron chi connectivity index (χ1n) is 5.71. The first-order valence-corrected chi connectivity index (χ1v) is 5.71. The Morgan fingerprint density at radius 3 is 2.50 bits per heavy atom. The van der Waals surface area contributed by atoms with Crippen molar-refractivity contribution < 1.29 is 4.79 Å². The Balaban J connectivity index is 2.23. The van der Waals surface area contributed by atoms with Crippen LogP contribution in [0.15, 0.2) is 18.3 Å². The average molecular weight is 244 g/mol. The van der Waals surface area contributed by atoms with Crippen LogP contribution in [0.1, 0.15) is 27.4 Å². The Kier molecular flexibility index (Phi) is 3.14. The lowest BCUT2D eigenvalue weighted by Crippen LogP contribution is -1.97. The molecule has 0 bridgehead atoms. The van der Waals surface area contributed by atoms with Crippen LogP contribution >= 0.6 is 0 Å². The summed E-state index contributed by atoms with van der Waals surface area (Å²) in [6.45, 7) is 3.91. The number of carbonyl (C=O) groups is 1. The summed E-state index contributed by atoms with van der Waals surface area (Å²) < 4.78 is 3.42. The van der Waals surface area contributed by atoms with E-state index in [-0.39, 0.29) is 5.78 Å². The van der Waals surface area contributed by atoms with Gasteiger partial charge >= 0.3 is 0 Å². The van der Waals surface area contributed by atoms with E-state index in [0.717, 1.165) is 17.0 Å². The minimum atomic E-state index is -0.0988. The molecule has 0 radical (unpaired) electrons. The number of hydrogen-bond acceptors (Lipinski definition) is 3. The molecule has 0 unspecified atom stereocenters. The summed E-state index contributed by atoms with van der Waals surface area (Å²) in [4.78, 5) is 11.9.